The van der Waals surface area contributed by atoms with Crippen LogP contribution in [0.4, 0.5) is 5.69 Å². The Bertz CT molecular complexity index is 452. The molecule has 0 amide bonds. The van der Waals surface area contributed by atoms with Gasteiger partial charge in [-0.25, -0.2) is 0 Å². The first-order valence-electron chi connectivity index (χ1n) is 3.73. The molecule has 0 saturated carbocycles. The van der Waals surface area contributed by atoms with Crippen molar-refractivity contribution in [3.8, 4) is 5.75 Å². The highest BCUT2D eigenvalue weighted by Crippen LogP contribution is 2.37. The van der Waals surface area contributed by atoms with E-state index >= 15 is 0 Å². The molecule has 2 rings (SSSR count). The molecule has 0 unspecified atom stereocenters. The molecule has 0 atom stereocenters. The van der Waals surface area contributed by atoms with Crippen LogP contribution < -0.4 is 10.5 Å². The normalized spacial score (nSPS) is 10.6. The predicted molar refractivity (Wildman–Crippen MR) is 65.5 cm³/mol. The summed E-state index contributed by atoms with van der Waals surface area (Å²) in [6.45, 7) is 0. The standard InChI is InChI=1S/C9H8INOS/c1-12-7-3-2-6(11)8-5(10)4-13-9(7)8/h2-4H,11H2,1H3. The highest BCUT2D eigenvalue weighted by atomic mass is 127. The molecule has 1 aromatic heterocycles. The quantitative estimate of drug-likeness (QED) is 0.649. The summed E-state index contributed by atoms with van der Waals surface area (Å²) >= 11 is 3.95. The topological polar surface area (TPSA) is 35.2 Å². The number of thiophene rings is 1. The summed E-state index contributed by atoms with van der Waals surface area (Å²) in [4.78, 5) is 0. The monoisotopic (exact) mass is 305 g/mol. The molecule has 0 aliphatic heterocycles. The maximum Gasteiger partial charge on any atom is 0.136 e. The van der Waals surface area contributed by atoms with Crippen molar-refractivity contribution >= 4 is 49.7 Å². The van der Waals surface area contributed by atoms with E-state index in [1.165, 1.54) is 3.57 Å². The second-order valence-electron chi connectivity index (χ2n) is 2.64. The Morgan fingerprint density at radius 2 is 2.23 bits per heavy atom. The van der Waals surface area contributed by atoms with Crippen molar-refractivity contribution in [3.05, 3.63) is 21.1 Å². The maximum atomic E-state index is 5.87. The molecule has 4 heteroatoms. The summed E-state index contributed by atoms with van der Waals surface area (Å²) in [5.74, 6) is 0.900. The molecule has 2 N–H and O–H groups in total. The van der Waals surface area contributed by atoms with Gasteiger partial charge in [0.1, 0.15) is 5.75 Å². The SMILES string of the molecule is COc1ccc(N)c2c(I)csc12. The van der Waals surface area contributed by atoms with Gasteiger partial charge in [0, 0.05) is 20.0 Å². The van der Waals surface area contributed by atoms with Crippen molar-refractivity contribution in [2.75, 3.05) is 12.8 Å². The lowest BCUT2D eigenvalue weighted by Crippen LogP contribution is -1.88. The van der Waals surface area contributed by atoms with Gasteiger partial charge in [-0.05, 0) is 34.7 Å². The number of hydrogen-bond donors (Lipinski definition) is 1. The Morgan fingerprint density at radius 3 is 2.92 bits per heavy atom. The van der Waals surface area contributed by atoms with E-state index in [4.69, 9.17) is 10.5 Å². The number of nitrogen functional groups attached to an aromatic ring is 1. The number of halogens is 1. The number of anilines is 1. The van der Waals surface area contributed by atoms with Gasteiger partial charge in [0.05, 0.1) is 11.8 Å². The largest absolute Gasteiger partial charge is 0.495 e. The van der Waals surface area contributed by atoms with Gasteiger partial charge in [-0.3, -0.25) is 0 Å². The Hall–Kier alpha value is -0.490. The minimum atomic E-state index is 0.821. The number of ether oxygens (including phenoxy) is 1. The summed E-state index contributed by atoms with van der Waals surface area (Å²) < 4.78 is 7.57. The van der Waals surface area contributed by atoms with Gasteiger partial charge in [-0.15, -0.1) is 11.3 Å². The third-order valence-corrected chi connectivity index (χ3v) is 4.16. The van der Waals surface area contributed by atoms with Crippen LogP contribution in [0.3, 0.4) is 0 Å². The minimum absolute atomic E-state index is 0.821. The first-order chi connectivity index (χ1) is 6.24. The van der Waals surface area contributed by atoms with E-state index in [0.29, 0.717) is 0 Å². The Kier molecular flexibility index (Phi) is 2.33. The molecule has 0 bridgehead atoms. The van der Waals surface area contributed by atoms with Gasteiger partial charge in [-0.1, -0.05) is 0 Å². The number of fused-ring (bicyclic) bond motifs is 1. The smallest absolute Gasteiger partial charge is 0.136 e. The molecule has 0 fully saturated rings. The summed E-state index contributed by atoms with van der Waals surface area (Å²) in [6, 6.07) is 3.79. The van der Waals surface area contributed by atoms with Gasteiger partial charge in [0.25, 0.3) is 0 Å². The number of rotatable bonds is 1. The summed E-state index contributed by atoms with van der Waals surface area (Å²) in [7, 11) is 1.68. The molecule has 1 aromatic carbocycles. The molecule has 1 heterocycles. The van der Waals surface area contributed by atoms with Crippen molar-refractivity contribution in [2.45, 2.75) is 0 Å². The molecule has 0 aliphatic rings. The number of benzene rings is 1. The average Bonchev–Trinajstić information content (AvgIpc) is 2.50. The fourth-order valence-corrected chi connectivity index (χ4v) is 3.37. The maximum absolute atomic E-state index is 5.87. The van der Waals surface area contributed by atoms with E-state index in [1.807, 2.05) is 12.1 Å². The Balaban J connectivity index is 2.87. The van der Waals surface area contributed by atoms with Crippen LogP contribution in [0.5, 0.6) is 5.75 Å². The van der Waals surface area contributed by atoms with Crippen molar-refractivity contribution in [1.29, 1.82) is 0 Å². The van der Waals surface area contributed by atoms with E-state index in [-0.39, 0.29) is 0 Å². The molecule has 0 radical (unpaired) electrons. The van der Waals surface area contributed by atoms with Crippen LogP contribution in [-0.2, 0) is 0 Å². The number of methoxy groups -OCH3 is 1. The molecule has 0 spiro atoms. The first kappa shape index (κ1) is 9.08. The number of nitrogens with two attached hydrogens (primary N) is 1. The molecule has 68 valence electrons. The van der Waals surface area contributed by atoms with Crippen LogP contribution in [0, 0.1) is 3.57 Å². The van der Waals surface area contributed by atoms with Crippen LogP contribution in [-0.4, -0.2) is 7.11 Å². The summed E-state index contributed by atoms with van der Waals surface area (Å²) in [6.07, 6.45) is 0. The van der Waals surface area contributed by atoms with Crippen LogP contribution in [0.25, 0.3) is 10.1 Å². The van der Waals surface area contributed by atoms with Crippen LogP contribution >= 0.6 is 33.9 Å². The van der Waals surface area contributed by atoms with Crippen molar-refractivity contribution in [2.24, 2.45) is 0 Å². The van der Waals surface area contributed by atoms with E-state index in [0.717, 1.165) is 21.5 Å². The molecule has 2 aromatic rings. The minimum Gasteiger partial charge on any atom is -0.495 e. The molecule has 2 nitrogen and oxygen atoms in total. The van der Waals surface area contributed by atoms with Gasteiger partial charge >= 0.3 is 0 Å². The average molecular weight is 305 g/mol. The molecule has 13 heavy (non-hydrogen) atoms. The zero-order valence-electron chi connectivity index (χ0n) is 7.00. The fourth-order valence-electron chi connectivity index (χ4n) is 1.27. The Labute approximate surface area is 93.8 Å². The second-order valence-corrected chi connectivity index (χ2v) is 4.69. The van der Waals surface area contributed by atoms with E-state index < -0.39 is 0 Å². The first-order valence-corrected chi connectivity index (χ1v) is 5.69. The molecular weight excluding hydrogens is 297 g/mol. The highest BCUT2D eigenvalue weighted by Gasteiger charge is 2.09. The third kappa shape index (κ3) is 1.38. The zero-order valence-corrected chi connectivity index (χ0v) is 9.98. The van der Waals surface area contributed by atoms with Crippen LogP contribution in [0.1, 0.15) is 0 Å². The van der Waals surface area contributed by atoms with Crippen LogP contribution in [0.15, 0.2) is 17.5 Å². The summed E-state index contributed by atoms with van der Waals surface area (Å²) in [5, 5.41) is 3.20. The molecule has 0 saturated heterocycles. The van der Waals surface area contributed by atoms with Crippen molar-refractivity contribution in [3.63, 3.8) is 0 Å². The van der Waals surface area contributed by atoms with Gasteiger partial charge in [-0.2, -0.15) is 0 Å². The third-order valence-electron chi connectivity index (χ3n) is 1.89. The van der Waals surface area contributed by atoms with Gasteiger partial charge < -0.3 is 10.5 Å². The lowest BCUT2D eigenvalue weighted by Gasteiger charge is -2.03. The van der Waals surface area contributed by atoms with Gasteiger partial charge in [0.15, 0.2) is 0 Å². The predicted octanol–water partition coefficient (Wildman–Crippen LogP) is 3.10. The molecule has 0 aliphatic carbocycles. The lowest BCUT2D eigenvalue weighted by atomic mass is 10.2. The van der Waals surface area contributed by atoms with E-state index in [2.05, 4.69) is 28.0 Å². The summed E-state index contributed by atoms with van der Waals surface area (Å²) in [5.41, 5.74) is 6.69. The van der Waals surface area contributed by atoms with Crippen molar-refractivity contribution in [1.82, 2.24) is 0 Å². The van der Waals surface area contributed by atoms with E-state index in [1.54, 1.807) is 18.4 Å². The fraction of sp³-hybridized carbons (Fsp3) is 0.111. The van der Waals surface area contributed by atoms with Gasteiger partial charge in [0.2, 0.25) is 0 Å². The van der Waals surface area contributed by atoms with E-state index in [9.17, 15) is 0 Å². The van der Waals surface area contributed by atoms with Crippen molar-refractivity contribution < 1.29 is 4.74 Å². The van der Waals surface area contributed by atoms with Crippen LogP contribution in [0.2, 0.25) is 0 Å². The molecular formula is C9H8INOS. The zero-order chi connectivity index (χ0) is 9.42. The number of hydrogen-bond acceptors (Lipinski definition) is 3. The Morgan fingerprint density at radius 1 is 1.46 bits per heavy atom. The highest BCUT2D eigenvalue weighted by molar-refractivity contribution is 14.1. The lowest BCUT2D eigenvalue weighted by molar-refractivity contribution is 0.420. The second kappa shape index (κ2) is 3.34.